The van der Waals surface area contributed by atoms with Crippen LogP contribution in [0.4, 0.5) is 5.69 Å². The van der Waals surface area contributed by atoms with E-state index in [0.717, 1.165) is 34.0 Å². The van der Waals surface area contributed by atoms with Crippen molar-refractivity contribution in [2.75, 3.05) is 7.11 Å². The first-order valence-electron chi connectivity index (χ1n) is 8.13. The van der Waals surface area contributed by atoms with Crippen LogP contribution in [0.3, 0.4) is 0 Å². The first-order chi connectivity index (χ1) is 12.6. The molecule has 0 amide bonds. The summed E-state index contributed by atoms with van der Waals surface area (Å²) in [5, 5.41) is 10.7. The molecule has 130 valence electrons. The molecular formula is C20H17N3O2S. The van der Waals surface area contributed by atoms with Crippen molar-refractivity contribution in [3.8, 4) is 17.3 Å². The summed E-state index contributed by atoms with van der Waals surface area (Å²) in [6.07, 6.45) is 1.88. The summed E-state index contributed by atoms with van der Waals surface area (Å²) in [5.41, 5.74) is 5.15. The SMILES string of the molecule is COc1ccc(-n2c(O)c(/C=C3\C(C)=Nc4ccccc43)[nH]c2=S)cc1. The number of hydrogen-bond donors (Lipinski definition) is 2. The third kappa shape index (κ3) is 2.64. The Hall–Kier alpha value is -3.12. The number of ether oxygens (including phenoxy) is 1. The number of H-pyrrole nitrogens is 1. The largest absolute Gasteiger partial charge is 0.497 e. The molecule has 26 heavy (non-hydrogen) atoms. The van der Waals surface area contributed by atoms with Gasteiger partial charge in [-0.15, -0.1) is 0 Å². The van der Waals surface area contributed by atoms with Crippen molar-refractivity contribution in [1.29, 1.82) is 0 Å². The molecule has 2 N–H and O–H groups in total. The van der Waals surface area contributed by atoms with Gasteiger partial charge in [-0.2, -0.15) is 0 Å². The highest BCUT2D eigenvalue weighted by Gasteiger charge is 2.19. The number of para-hydroxylation sites is 1. The van der Waals surface area contributed by atoms with Crippen molar-refractivity contribution >= 4 is 35.3 Å². The molecule has 0 radical (unpaired) electrons. The lowest BCUT2D eigenvalue weighted by molar-refractivity contribution is 0.414. The topological polar surface area (TPSA) is 62.5 Å². The van der Waals surface area contributed by atoms with E-state index in [1.807, 2.05) is 61.5 Å². The van der Waals surface area contributed by atoms with E-state index in [4.69, 9.17) is 17.0 Å². The minimum Gasteiger partial charge on any atom is -0.497 e. The molecule has 1 aliphatic heterocycles. The number of methoxy groups -OCH3 is 1. The molecule has 3 aromatic rings. The second kappa shape index (κ2) is 6.31. The fourth-order valence-electron chi connectivity index (χ4n) is 3.08. The number of nitrogens with zero attached hydrogens (tertiary/aromatic N) is 2. The van der Waals surface area contributed by atoms with E-state index < -0.39 is 0 Å². The molecule has 0 saturated heterocycles. The lowest BCUT2D eigenvalue weighted by Crippen LogP contribution is -1.94. The summed E-state index contributed by atoms with van der Waals surface area (Å²) in [5.74, 6) is 0.803. The van der Waals surface area contributed by atoms with Crippen molar-refractivity contribution in [1.82, 2.24) is 9.55 Å². The summed E-state index contributed by atoms with van der Waals surface area (Å²) < 4.78 is 7.18. The van der Waals surface area contributed by atoms with Crippen LogP contribution >= 0.6 is 12.2 Å². The highest BCUT2D eigenvalue weighted by molar-refractivity contribution is 7.71. The van der Waals surface area contributed by atoms with Gasteiger partial charge in [-0.1, -0.05) is 18.2 Å². The Bertz CT molecular complexity index is 1100. The molecule has 0 spiro atoms. The van der Waals surface area contributed by atoms with Crippen LogP contribution in [0.1, 0.15) is 18.2 Å². The lowest BCUT2D eigenvalue weighted by Gasteiger charge is -2.06. The van der Waals surface area contributed by atoms with E-state index >= 15 is 0 Å². The number of fused-ring (bicyclic) bond motifs is 1. The van der Waals surface area contributed by atoms with Crippen LogP contribution in [0, 0.1) is 4.77 Å². The quantitative estimate of drug-likeness (QED) is 0.651. The maximum atomic E-state index is 10.7. The standard InChI is InChI=1S/C20H17N3O2S/c1-12-16(15-5-3-4-6-17(15)21-12)11-18-19(24)23(20(26)22-18)13-7-9-14(25-2)10-8-13/h3-11,24H,1-2H3,(H,22,26)/b16-11+. The van der Waals surface area contributed by atoms with E-state index in [9.17, 15) is 5.11 Å². The molecule has 0 saturated carbocycles. The molecule has 6 heteroatoms. The van der Waals surface area contributed by atoms with Gasteiger partial charge in [0.15, 0.2) is 4.77 Å². The molecular weight excluding hydrogens is 346 g/mol. The van der Waals surface area contributed by atoms with Gasteiger partial charge in [0.1, 0.15) is 11.4 Å². The van der Waals surface area contributed by atoms with Crippen LogP contribution in [-0.2, 0) is 0 Å². The first-order valence-corrected chi connectivity index (χ1v) is 8.54. The first kappa shape index (κ1) is 16.4. The van der Waals surface area contributed by atoms with Crippen LogP contribution in [0.2, 0.25) is 0 Å². The van der Waals surface area contributed by atoms with Gasteiger partial charge >= 0.3 is 0 Å². The van der Waals surface area contributed by atoms with E-state index in [2.05, 4.69) is 9.98 Å². The predicted octanol–water partition coefficient (Wildman–Crippen LogP) is 4.90. The number of nitrogens with one attached hydrogen (secondary N) is 1. The van der Waals surface area contributed by atoms with Gasteiger partial charge in [0.2, 0.25) is 5.88 Å². The van der Waals surface area contributed by atoms with Gasteiger partial charge in [-0.05, 0) is 55.5 Å². The molecule has 0 fully saturated rings. The third-order valence-corrected chi connectivity index (χ3v) is 4.67. The molecule has 2 aromatic carbocycles. The molecule has 0 atom stereocenters. The molecule has 2 heterocycles. The summed E-state index contributed by atoms with van der Waals surface area (Å²) >= 11 is 5.41. The van der Waals surface area contributed by atoms with Gasteiger partial charge in [-0.25, -0.2) is 0 Å². The average Bonchev–Trinajstić information content (AvgIpc) is 3.11. The van der Waals surface area contributed by atoms with Gasteiger partial charge in [0.05, 0.1) is 18.5 Å². The van der Waals surface area contributed by atoms with E-state index in [1.54, 1.807) is 11.7 Å². The normalized spacial score (nSPS) is 14.4. The van der Waals surface area contributed by atoms with Gasteiger partial charge in [-0.3, -0.25) is 9.56 Å². The Kier molecular flexibility index (Phi) is 3.97. The van der Waals surface area contributed by atoms with Crippen molar-refractivity contribution in [3.63, 3.8) is 0 Å². The van der Waals surface area contributed by atoms with Crippen LogP contribution < -0.4 is 4.74 Å². The fourth-order valence-corrected chi connectivity index (χ4v) is 3.38. The summed E-state index contributed by atoms with van der Waals surface area (Å²) in [7, 11) is 1.61. The van der Waals surface area contributed by atoms with Gasteiger partial charge < -0.3 is 14.8 Å². The molecule has 0 unspecified atom stereocenters. The van der Waals surface area contributed by atoms with Crippen molar-refractivity contribution in [3.05, 3.63) is 64.6 Å². The smallest absolute Gasteiger partial charge is 0.222 e. The van der Waals surface area contributed by atoms with Crippen LogP contribution in [0.15, 0.2) is 53.5 Å². The number of aliphatic imine (C=N–C) groups is 1. The third-order valence-electron chi connectivity index (χ3n) is 4.39. The lowest BCUT2D eigenvalue weighted by atomic mass is 10.0. The highest BCUT2D eigenvalue weighted by atomic mass is 32.1. The number of aromatic nitrogens is 2. The number of aromatic amines is 1. The molecule has 4 rings (SSSR count). The fraction of sp³-hybridized carbons (Fsp3) is 0.100. The minimum absolute atomic E-state index is 0.0600. The van der Waals surface area contributed by atoms with Crippen LogP contribution in [0.5, 0.6) is 11.6 Å². The Morgan fingerprint density at radius 3 is 2.62 bits per heavy atom. The van der Waals surface area contributed by atoms with Crippen molar-refractivity contribution < 1.29 is 9.84 Å². The van der Waals surface area contributed by atoms with Gasteiger partial charge in [0, 0.05) is 16.8 Å². The van der Waals surface area contributed by atoms with Crippen molar-refractivity contribution in [2.45, 2.75) is 6.92 Å². The zero-order chi connectivity index (χ0) is 18.3. The summed E-state index contributed by atoms with van der Waals surface area (Å²) in [6.45, 7) is 1.96. The number of allylic oxidation sites excluding steroid dienone is 1. The number of aromatic hydroxyl groups is 1. The molecule has 0 bridgehead atoms. The second-order valence-electron chi connectivity index (χ2n) is 5.97. The number of imidazole rings is 1. The maximum absolute atomic E-state index is 10.7. The number of benzene rings is 2. The van der Waals surface area contributed by atoms with E-state index in [1.165, 1.54) is 0 Å². The van der Waals surface area contributed by atoms with Crippen LogP contribution in [0.25, 0.3) is 17.3 Å². The predicted molar refractivity (Wildman–Crippen MR) is 106 cm³/mol. The molecule has 5 nitrogen and oxygen atoms in total. The Morgan fingerprint density at radius 2 is 1.88 bits per heavy atom. The monoisotopic (exact) mass is 363 g/mol. The Balaban J connectivity index is 1.80. The molecule has 0 aliphatic carbocycles. The molecule has 1 aromatic heterocycles. The average molecular weight is 363 g/mol. The number of rotatable bonds is 3. The summed E-state index contributed by atoms with van der Waals surface area (Å²) in [4.78, 5) is 7.66. The second-order valence-corrected chi connectivity index (χ2v) is 6.36. The van der Waals surface area contributed by atoms with Crippen LogP contribution in [-0.4, -0.2) is 27.5 Å². The molecule has 1 aliphatic rings. The Morgan fingerprint density at radius 1 is 1.15 bits per heavy atom. The maximum Gasteiger partial charge on any atom is 0.222 e. The van der Waals surface area contributed by atoms with Crippen molar-refractivity contribution in [2.24, 2.45) is 4.99 Å². The minimum atomic E-state index is 0.0600. The highest BCUT2D eigenvalue weighted by Crippen LogP contribution is 2.36. The summed E-state index contributed by atoms with van der Waals surface area (Å²) in [6, 6.07) is 15.3. The number of hydrogen-bond acceptors (Lipinski definition) is 4. The van der Waals surface area contributed by atoms with E-state index in [-0.39, 0.29) is 5.88 Å². The zero-order valence-electron chi connectivity index (χ0n) is 14.4. The van der Waals surface area contributed by atoms with Gasteiger partial charge in [0.25, 0.3) is 0 Å². The van der Waals surface area contributed by atoms with E-state index in [0.29, 0.717) is 10.5 Å². The zero-order valence-corrected chi connectivity index (χ0v) is 15.2. The Labute approximate surface area is 155 Å².